The van der Waals surface area contributed by atoms with Gasteiger partial charge in [-0.15, -0.1) is 0 Å². The second-order valence-electron chi connectivity index (χ2n) is 6.26. The van der Waals surface area contributed by atoms with Crippen LogP contribution < -0.4 is 5.32 Å². The third-order valence-corrected chi connectivity index (χ3v) is 4.66. The lowest BCUT2D eigenvalue weighted by Crippen LogP contribution is -2.49. The Morgan fingerprint density at radius 1 is 1.19 bits per heavy atom. The molecule has 1 N–H and O–H groups in total. The second kappa shape index (κ2) is 5.05. The van der Waals surface area contributed by atoms with Gasteiger partial charge in [-0.05, 0) is 50.7 Å². The molecular weight excluding hydrogens is 196 g/mol. The Morgan fingerprint density at radius 3 is 2.38 bits per heavy atom. The Bertz CT molecular complexity index is 217. The molecule has 0 bridgehead atoms. The van der Waals surface area contributed by atoms with E-state index in [9.17, 15) is 0 Å². The van der Waals surface area contributed by atoms with Gasteiger partial charge in [-0.3, -0.25) is 4.90 Å². The van der Waals surface area contributed by atoms with Crippen molar-refractivity contribution < 1.29 is 0 Å². The molecule has 1 saturated carbocycles. The number of piperidine rings is 1. The first-order chi connectivity index (χ1) is 7.63. The normalized spacial score (nSPS) is 32.1. The van der Waals surface area contributed by atoms with Gasteiger partial charge in [0.25, 0.3) is 0 Å². The second-order valence-corrected chi connectivity index (χ2v) is 6.26. The number of nitrogens with one attached hydrogen (secondary N) is 1. The standard InChI is InChI=1S/C14H28N2/c1-4-15-12-7-10-16(11-8-12)13-6-5-9-14(13,2)3/h12-13,15H,4-11H2,1-3H3. The Hall–Kier alpha value is -0.0800. The molecule has 2 nitrogen and oxygen atoms in total. The first-order valence-corrected chi connectivity index (χ1v) is 7.11. The SMILES string of the molecule is CCNC1CCN(C2CCCC2(C)C)CC1. The van der Waals surface area contributed by atoms with E-state index in [1.165, 1.54) is 45.2 Å². The van der Waals surface area contributed by atoms with Crippen molar-refractivity contribution in [3.8, 4) is 0 Å². The predicted octanol–water partition coefficient (Wildman–Crippen LogP) is 2.64. The van der Waals surface area contributed by atoms with Crippen molar-refractivity contribution >= 4 is 0 Å². The fourth-order valence-electron chi connectivity index (χ4n) is 3.69. The maximum Gasteiger partial charge on any atom is 0.0146 e. The van der Waals surface area contributed by atoms with Crippen molar-refractivity contribution in [2.45, 2.75) is 65.0 Å². The van der Waals surface area contributed by atoms with Gasteiger partial charge in [0, 0.05) is 12.1 Å². The summed E-state index contributed by atoms with van der Waals surface area (Å²) in [7, 11) is 0. The summed E-state index contributed by atoms with van der Waals surface area (Å²) in [5.74, 6) is 0. The molecular formula is C14H28N2. The van der Waals surface area contributed by atoms with Gasteiger partial charge >= 0.3 is 0 Å². The van der Waals surface area contributed by atoms with Gasteiger partial charge in [0.2, 0.25) is 0 Å². The van der Waals surface area contributed by atoms with Crippen LogP contribution in [0.1, 0.15) is 52.9 Å². The lowest BCUT2D eigenvalue weighted by molar-refractivity contribution is 0.0823. The van der Waals surface area contributed by atoms with E-state index in [0.29, 0.717) is 5.41 Å². The quantitative estimate of drug-likeness (QED) is 0.793. The minimum Gasteiger partial charge on any atom is -0.314 e. The van der Waals surface area contributed by atoms with Gasteiger partial charge in [-0.25, -0.2) is 0 Å². The maximum atomic E-state index is 3.59. The Balaban J connectivity index is 1.84. The van der Waals surface area contributed by atoms with Crippen LogP contribution in [-0.2, 0) is 0 Å². The van der Waals surface area contributed by atoms with Crippen molar-refractivity contribution in [3.63, 3.8) is 0 Å². The van der Waals surface area contributed by atoms with Gasteiger partial charge in [0.15, 0.2) is 0 Å². The van der Waals surface area contributed by atoms with Crippen LogP contribution >= 0.6 is 0 Å². The van der Waals surface area contributed by atoms with Crippen LogP contribution in [0.3, 0.4) is 0 Å². The smallest absolute Gasteiger partial charge is 0.0146 e. The minimum atomic E-state index is 0.561. The molecule has 1 unspecified atom stereocenters. The summed E-state index contributed by atoms with van der Waals surface area (Å²) >= 11 is 0. The monoisotopic (exact) mass is 224 g/mol. The van der Waals surface area contributed by atoms with E-state index in [-0.39, 0.29) is 0 Å². The molecule has 2 rings (SSSR count). The average Bonchev–Trinajstić information content (AvgIpc) is 2.60. The molecule has 0 spiro atoms. The number of rotatable bonds is 3. The molecule has 1 saturated heterocycles. The first kappa shape index (κ1) is 12.4. The zero-order chi connectivity index (χ0) is 11.6. The summed E-state index contributed by atoms with van der Waals surface area (Å²) in [6.45, 7) is 10.9. The molecule has 1 atom stereocenters. The van der Waals surface area contributed by atoms with Crippen molar-refractivity contribution in [3.05, 3.63) is 0 Å². The minimum absolute atomic E-state index is 0.561. The largest absolute Gasteiger partial charge is 0.314 e. The number of hydrogen-bond acceptors (Lipinski definition) is 2. The van der Waals surface area contributed by atoms with Crippen LogP contribution in [-0.4, -0.2) is 36.6 Å². The van der Waals surface area contributed by atoms with Crippen LogP contribution in [0.2, 0.25) is 0 Å². The summed E-state index contributed by atoms with van der Waals surface area (Å²) < 4.78 is 0. The Morgan fingerprint density at radius 2 is 1.88 bits per heavy atom. The third-order valence-electron chi connectivity index (χ3n) is 4.66. The van der Waals surface area contributed by atoms with Gasteiger partial charge in [0.05, 0.1) is 0 Å². The summed E-state index contributed by atoms with van der Waals surface area (Å²) in [5, 5.41) is 3.59. The summed E-state index contributed by atoms with van der Waals surface area (Å²) in [5.41, 5.74) is 0.561. The molecule has 2 fully saturated rings. The molecule has 0 radical (unpaired) electrons. The van der Waals surface area contributed by atoms with Crippen LogP contribution in [0.15, 0.2) is 0 Å². The summed E-state index contributed by atoms with van der Waals surface area (Å²) in [6.07, 6.45) is 6.98. The highest BCUT2D eigenvalue weighted by atomic mass is 15.2. The molecule has 0 aromatic carbocycles. The predicted molar refractivity (Wildman–Crippen MR) is 69.7 cm³/mol. The molecule has 0 aromatic rings. The Labute approximate surface area is 101 Å². The van der Waals surface area contributed by atoms with E-state index in [4.69, 9.17) is 0 Å². The molecule has 0 aromatic heterocycles. The lowest BCUT2D eigenvalue weighted by atomic mass is 9.85. The van der Waals surface area contributed by atoms with E-state index in [2.05, 4.69) is 31.0 Å². The van der Waals surface area contributed by atoms with E-state index in [1.807, 2.05) is 0 Å². The van der Waals surface area contributed by atoms with Crippen LogP contribution in [0.5, 0.6) is 0 Å². The highest BCUT2D eigenvalue weighted by molar-refractivity contribution is 4.93. The molecule has 0 amide bonds. The summed E-state index contributed by atoms with van der Waals surface area (Å²) in [6, 6.07) is 1.64. The topological polar surface area (TPSA) is 15.3 Å². The fourth-order valence-corrected chi connectivity index (χ4v) is 3.69. The van der Waals surface area contributed by atoms with Crippen molar-refractivity contribution in [1.29, 1.82) is 0 Å². The van der Waals surface area contributed by atoms with E-state index in [1.54, 1.807) is 0 Å². The molecule has 1 aliphatic heterocycles. The zero-order valence-corrected chi connectivity index (χ0v) is 11.3. The van der Waals surface area contributed by atoms with E-state index >= 15 is 0 Å². The first-order valence-electron chi connectivity index (χ1n) is 7.11. The molecule has 2 heteroatoms. The van der Waals surface area contributed by atoms with Crippen LogP contribution in [0, 0.1) is 5.41 Å². The fraction of sp³-hybridized carbons (Fsp3) is 1.00. The molecule has 1 aliphatic carbocycles. The van der Waals surface area contributed by atoms with Gasteiger partial charge in [-0.2, -0.15) is 0 Å². The van der Waals surface area contributed by atoms with E-state index in [0.717, 1.165) is 18.6 Å². The highest BCUT2D eigenvalue weighted by Crippen LogP contribution is 2.41. The maximum absolute atomic E-state index is 3.59. The van der Waals surface area contributed by atoms with Crippen molar-refractivity contribution in [2.75, 3.05) is 19.6 Å². The van der Waals surface area contributed by atoms with Crippen molar-refractivity contribution in [2.24, 2.45) is 5.41 Å². The van der Waals surface area contributed by atoms with Crippen LogP contribution in [0.25, 0.3) is 0 Å². The molecule has 16 heavy (non-hydrogen) atoms. The zero-order valence-electron chi connectivity index (χ0n) is 11.3. The summed E-state index contributed by atoms with van der Waals surface area (Å²) in [4.78, 5) is 2.76. The van der Waals surface area contributed by atoms with E-state index < -0.39 is 0 Å². The highest BCUT2D eigenvalue weighted by Gasteiger charge is 2.39. The number of likely N-dealkylation sites (tertiary alicyclic amines) is 1. The van der Waals surface area contributed by atoms with Crippen molar-refractivity contribution in [1.82, 2.24) is 10.2 Å². The average molecular weight is 224 g/mol. The number of hydrogen-bond donors (Lipinski definition) is 1. The lowest BCUT2D eigenvalue weighted by Gasteiger charge is -2.41. The van der Waals surface area contributed by atoms with Gasteiger partial charge < -0.3 is 5.32 Å². The Kier molecular flexibility index (Phi) is 3.91. The van der Waals surface area contributed by atoms with Gasteiger partial charge in [-0.1, -0.05) is 27.2 Å². The third kappa shape index (κ3) is 2.60. The van der Waals surface area contributed by atoms with Crippen LogP contribution in [0.4, 0.5) is 0 Å². The molecule has 94 valence electrons. The van der Waals surface area contributed by atoms with Gasteiger partial charge in [0.1, 0.15) is 0 Å². The molecule has 1 heterocycles. The molecule has 2 aliphatic rings. The number of nitrogens with zero attached hydrogens (tertiary/aromatic N) is 1.